The zero-order chi connectivity index (χ0) is 11.8. The summed E-state index contributed by atoms with van der Waals surface area (Å²) < 4.78 is 0. The third kappa shape index (κ3) is 1.46. The molecular formula is C11H8N4O2. The van der Waals surface area contributed by atoms with Gasteiger partial charge in [0.1, 0.15) is 5.65 Å². The van der Waals surface area contributed by atoms with Crippen LogP contribution in [0.15, 0.2) is 40.2 Å². The highest BCUT2D eigenvalue weighted by atomic mass is 16.1. The second kappa shape index (κ2) is 3.44. The lowest BCUT2D eigenvalue weighted by molar-refractivity contribution is 1.06. The zero-order valence-corrected chi connectivity index (χ0v) is 8.65. The molecule has 84 valence electrons. The molecule has 0 bridgehead atoms. The monoisotopic (exact) mass is 228 g/mol. The Morgan fingerprint density at radius 1 is 1.06 bits per heavy atom. The Morgan fingerprint density at radius 3 is 2.59 bits per heavy atom. The van der Waals surface area contributed by atoms with Crippen LogP contribution in [0.2, 0.25) is 0 Å². The number of aromatic nitrogens is 4. The number of fused-ring (bicyclic) bond motifs is 1. The van der Waals surface area contributed by atoms with Gasteiger partial charge in [-0.05, 0) is 17.7 Å². The molecule has 0 fully saturated rings. The quantitative estimate of drug-likeness (QED) is 0.569. The van der Waals surface area contributed by atoms with Crippen LogP contribution in [0.1, 0.15) is 0 Å². The van der Waals surface area contributed by atoms with Crippen LogP contribution in [-0.2, 0) is 0 Å². The fraction of sp³-hybridized carbons (Fsp3) is 0. The summed E-state index contributed by atoms with van der Waals surface area (Å²) in [7, 11) is 0. The Hall–Kier alpha value is -2.63. The van der Waals surface area contributed by atoms with Gasteiger partial charge in [0.25, 0.3) is 5.56 Å². The third-order valence-electron chi connectivity index (χ3n) is 2.56. The fourth-order valence-electron chi connectivity index (χ4n) is 1.83. The van der Waals surface area contributed by atoms with E-state index in [1.54, 1.807) is 24.5 Å². The highest BCUT2D eigenvalue weighted by Gasteiger charge is 2.10. The van der Waals surface area contributed by atoms with Gasteiger partial charge in [-0.25, -0.2) is 0 Å². The fourth-order valence-corrected chi connectivity index (χ4v) is 1.83. The molecule has 0 amide bonds. The molecule has 6 nitrogen and oxygen atoms in total. The van der Waals surface area contributed by atoms with Crippen molar-refractivity contribution in [3.63, 3.8) is 0 Å². The maximum Gasteiger partial charge on any atom is 0.274 e. The minimum Gasteiger partial charge on any atom is -0.307 e. The number of nitrogens with zero attached hydrogens (tertiary/aromatic N) is 1. The average Bonchev–Trinajstić information content (AvgIpc) is 2.71. The SMILES string of the molecule is O=c1cc(-c2ccncc2)c2c(=O)[nH][nH]c2[nH]1. The molecule has 0 aliphatic rings. The number of rotatable bonds is 1. The van der Waals surface area contributed by atoms with Gasteiger partial charge in [0.15, 0.2) is 0 Å². The van der Waals surface area contributed by atoms with Crippen LogP contribution in [0.5, 0.6) is 0 Å². The van der Waals surface area contributed by atoms with E-state index in [0.29, 0.717) is 16.6 Å². The van der Waals surface area contributed by atoms with E-state index in [4.69, 9.17) is 0 Å². The molecule has 0 saturated carbocycles. The Balaban J connectivity index is 2.47. The molecule has 3 aromatic heterocycles. The van der Waals surface area contributed by atoms with Crippen LogP contribution in [-0.4, -0.2) is 20.2 Å². The largest absolute Gasteiger partial charge is 0.307 e. The lowest BCUT2D eigenvalue weighted by Gasteiger charge is -2.00. The molecule has 0 spiro atoms. The number of hydrogen-bond donors (Lipinski definition) is 3. The van der Waals surface area contributed by atoms with E-state index in [-0.39, 0.29) is 11.1 Å². The van der Waals surface area contributed by atoms with Crippen molar-refractivity contribution in [1.82, 2.24) is 20.2 Å². The van der Waals surface area contributed by atoms with Gasteiger partial charge in [-0.2, -0.15) is 0 Å². The summed E-state index contributed by atoms with van der Waals surface area (Å²) >= 11 is 0. The summed E-state index contributed by atoms with van der Waals surface area (Å²) in [5.74, 6) is 0. The second-order valence-corrected chi connectivity index (χ2v) is 3.61. The summed E-state index contributed by atoms with van der Waals surface area (Å²) in [5, 5.41) is 5.52. The van der Waals surface area contributed by atoms with Crippen molar-refractivity contribution < 1.29 is 0 Å². The van der Waals surface area contributed by atoms with E-state index in [2.05, 4.69) is 20.2 Å². The topological polar surface area (TPSA) is 94.4 Å². The molecule has 0 aliphatic carbocycles. The van der Waals surface area contributed by atoms with Gasteiger partial charge < -0.3 is 4.98 Å². The van der Waals surface area contributed by atoms with Crippen molar-refractivity contribution in [3.05, 3.63) is 51.3 Å². The molecule has 0 radical (unpaired) electrons. The normalized spacial score (nSPS) is 10.8. The first kappa shape index (κ1) is 9.59. The summed E-state index contributed by atoms with van der Waals surface area (Å²) in [6, 6.07) is 4.90. The van der Waals surface area contributed by atoms with Gasteiger partial charge in [-0.3, -0.25) is 24.8 Å². The van der Waals surface area contributed by atoms with Crippen LogP contribution < -0.4 is 11.1 Å². The van der Waals surface area contributed by atoms with Gasteiger partial charge in [0.05, 0.1) is 5.39 Å². The van der Waals surface area contributed by atoms with Crippen molar-refractivity contribution >= 4 is 11.0 Å². The molecule has 3 heterocycles. The number of H-pyrrole nitrogens is 3. The van der Waals surface area contributed by atoms with Crippen LogP contribution in [0.25, 0.3) is 22.2 Å². The van der Waals surface area contributed by atoms with E-state index >= 15 is 0 Å². The Bertz CT molecular complexity index is 782. The van der Waals surface area contributed by atoms with Crippen molar-refractivity contribution in [1.29, 1.82) is 0 Å². The molecule has 0 unspecified atom stereocenters. The van der Waals surface area contributed by atoms with Gasteiger partial charge >= 0.3 is 0 Å². The second-order valence-electron chi connectivity index (χ2n) is 3.61. The molecule has 0 aromatic carbocycles. The van der Waals surface area contributed by atoms with Gasteiger partial charge in [-0.1, -0.05) is 0 Å². The maximum absolute atomic E-state index is 11.7. The van der Waals surface area contributed by atoms with E-state index in [0.717, 1.165) is 5.56 Å². The van der Waals surface area contributed by atoms with Gasteiger partial charge in [0.2, 0.25) is 5.56 Å². The maximum atomic E-state index is 11.7. The Labute approximate surface area is 94.3 Å². The first-order chi connectivity index (χ1) is 8.25. The predicted molar refractivity (Wildman–Crippen MR) is 62.8 cm³/mol. The van der Waals surface area contributed by atoms with E-state index in [1.165, 1.54) is 6.07 Å². The Morgan fingerprint density at radius 2 is 1.82 bits per heavy atom. The smallest absolute Gasteiger partial charge is 0.274 e. The van der Waals surface area contributed by atoms with Crippen LogP contribution in [0.4, 0.5) is 0 Å². The number of nitrogens with one attached hydrogen (secondary N) is 3. The first-order valence-electron chi connectivity index (χ1n) is 5.00. The molecule has 0 saturated heterocycles. The lowest BCUT2D eigenvalue weighted by atomic mass is 10.1. The highest BCUT2D eigenvalue weighted by Crippen LogP contribution is 2.21. The van der Waals surface area contributed by atoms with E-state index < -0.39 is 0 Å². The molecule has 3 aromatic rings. The third-order valence-corrected chi connectivity index (χ3v) is 2.56. The van der Waals surface area contributed by atoms with Crippen molar-refractivity contribution in [2.45, 2.75) is 0 Å². The standard InChI is InChI=1S/C11H8N4O2/c16-8-5-7(6-1-3-12-4-2-6)9-10(13-8)14-15-11(9)17/h1-5H,(H3,13,14,15,16,17). The van der Waals surface area contributed by atoms with E-state index in [9.17, 15) is 9.59 Å². The molecule has 3 N–H and O–H groups in total. The minimum atomic E-state index is -0.264. The summed E-state index contributed by atoms with van der Waals surface area (Å²) in [6.45, 7) is 0. The van der Waals surface area contributed by atoms with Crippen LogP contribution in [0.3, 0.4) is 0 Å². The number of aromatic amines is 3. The average molecular weight is 228 g/mol. The first-order valence-corrected chi connectivity index (χ1v) is 5.00. The van der Waals surface area contributed by atoms with E-state index in [1.807, 2.05) is 0 Å². The lowest BCUT2D eigenvalue weighted by Crippen LogP contribution is -2.07. The zero-order valence-electron chi connectivity index (χ0n) is 8.65. The molecule has 17 heavy (non-hydrogen) atoms. The molecule has 3 rings (SSSR count). The number of pyridine rings is 2. The molecular weight excluding hydrogens is 220 g/mol. The predicted octanol–water partition coefficient (Wildman–Crippen LogP) is 0.606. The highest BCUT2D eigenvalue weighted by molar-refractivity contribution is 5.91. The number of hydrogen-bond acceptors (Lipinski definition) is 3. The van der Waals surface area contributed by atoms with Gasteiger partial charge in [0, 0.05) is 24.0 Å². The van der Waals surface area contributed by atoms with Gasteiger partial charge in [-0.15, -0.1) is 0 Å². The van der Waals surface area contributed by atoms with Crippen molar-refractivity contribution in [2.24, 2.45) is 0 Å². The molecule has 6 heteroatoms. The minimum absolute atomic E-state index is 0.261. The van der Waals surface area contributed by atoms with Crippen molar-refractivity contribution in [3.8, 4) is 11.1 Å². The van der Waals surface area contributed by atoms with Crippen LogP contribution >= 0.6 is 0 Å². The van der Waals surface area contributed by atoms with Crippen LogP contribution in [0, 0.1) is 0 Å². The summed E-state index contributed by atoms with van der Waals surface area (Å²) in [6.07, 6.45) is 3.23. The Kier molecular flexibility index (Phi) is 1.94. The summed E-state index contributed by atoms with van der Waals surface area (Å²) in [4.78, 5) is 29.6. The summed E-state index contributed by atoms with van der Waals surface area (Å²) in [5.41, 5.74) is 1.24. The molecule has 0 atom stereocenters. The molecule has 0 aliphatic heterocycles. The van der Waals surface area contributed by atoms with Crippen molar-refractivity contribution in [2.75, 3.05) is 0 Å².